The monoisotopic (exact) mass is 207 g/mol. The Morgan fingerprint density at radius 1 is 1.47 bits per heavy atom. The number of aromatic nitrogens is 2. The van der Waals surface area contributed by atoms with E-state index in [4.69, 9.17) is 0 Å². The zero-order chi connectivity index (χ0) is 10.8. The molecule has 2 rings (SSSR count). The Morgan fingerprint density at radius 3 is 2.87 bits per heavy atom. The van der Waals surface area contributed by atoms with E-state index in [-0.39, 0.29) is 0 Å². The lowest BCUT2D eigenvalue weighted by molar-refractivity contribution is 0.166. The summed E-state index contributed by atoms with van der Waals surface area (Å²) in [5, 5.41) is 4.52. The molecule has 1 aliphatic rings. The lowest BCUT2D eigenvalue weighted by atomic mass is 9.94. The number of hydrogen-bond acceptors (Lipinski definition) is 2. The van der Waals surface area contributed by atoms with Crippen molar-refractivity contribution < 1.29 is 0 Å². The highest BCUT2D eigenvalue weighted by molar-refractivity contribution is 5.08. The van der Waals surface area contributed by atoms with Crippen molar-refractivity contribution in [3.63, 3.8) is 0 Å². The van der Waals surface area contributed by atoms with E-state index in [0.29, 0.717) is 12.0 Å². The molecular weight excluding hydrogens is 186 g/mol. The van der Waals surface area contributed by atoms with Gasteiger partial charge in [0.1, 0.15) is 0 Å². The highest BCUT2D eigenvalue weighted by Gasteiger charge is 2.24. The second-order valence-electron chi connectivity index (χ2n) is 4.84. The Bertz CT molecular complexity index is 316. The Balaban J connectivity index is 2.04. The quantitative estimate of drug-likeness (QED) is 0.739. The van der Waals surface area contributed by atoms with E-state index in [1.54, 1.807) is 0 Å². The van der Waals surface area contributed by atoms with E-state index in [0.717, 1.165) is 0 Å². The van der Waals surface area contributed by atoms with E-state index in [9.17, 15) is 0 Å². The minimum atomic E-state index is 0.641. The molecule has 0 bridgehead atoms. The van der Waals surface area contributed by atoms with Crippen LogP contribution in [0.3, 0.4) is 0 Å². The molecule has 1 unspecified atom stereocenters. The molecule has 3 heteroatoms. The molecule has 1 aromatic heterocycles. The van der Waals surface area contributed by atoms with Crippen molar-refractivity contribution in [1.82, 2.24) is 14.7 Å². The SMILES string of the molecule is CC(C)N1CCCC(c2ccn(C)n2)C1. The minimum Gasteiger partial charge on any atom is -0.300 e. The Kier molecular flexibility index (Phi) is 3.10. The zero-order valence-electron chi connectivity index (χ0n) is 9.98. The normalized spacial score (nSPS) is 23.6. The van der Waals surface area contributed by atoms with Crippen LogP contribution in [0.5, 0.6) is 0 Å². The first-order valence-electron chi connectivity index (χ1n) is 5.90. The van der Waals surface area contributed by atoms with Crippen LogP contribution in [0.4, 0.5) is 0 Å². The summed E-state index contributed by atoms with van der Waals surface area (Å²) in [5.74, 6) is 0.641. The van der Waals surface area contributed by atoms with Gasteiger partial charge in [-0.2, -0.15) is 5.10 Å². The molecule has 1 aromatic rings. The van der Waals surface area contributed by atoms with E-state index >= 15 is 0 Å². The van der Waals surface area contributed by atoms with Gasteiger partial charge in [0.15, 0.2) is 0 Å². The predicted octanol–water partition coefficient (Wildman–Crippen LogP) is 2.01. The van der Waals surface area contributed by atoms with Gasteiger partial charge in [0.05, 0.1) is 5.69 Å². The van der Waals surface area contributed by atoms with Gasteiger partial charge < -0.3 is 4.90 Å². The standard InChI is InChI=1S/C12H21N3/c1-10(2)15-7-4-5-11(9-15)12-6-8-14(3)13-12/h6,8,10-11H,4-5,7,9H2,1-3H3. The van der Waals surface area contributed by atoms with Crippen LogP contribution >= 0.6 is 0 Å². The highest BCUT2D eigenvalue weighted by Crippen LogP contribution is 2.26. The molecule has 1 aliphatic heterocycles. The maximum atomic E-state index is 4.52. The molecule has 84 valence electrons. The first kappa shape index (κ1) is 10.7. The molecule has 0 N–H and O–H groups in total. The Labute approximate surface area is 92.1 Å². The van der Waals surface area contributed by atoms with Crippen LogP contribution in [0.1, 0.15) is 38.3 Å². The highest BCUT2D eigenvalue weighted by atomic mass is 15.3. The average Bonchev–Trinajstić information content (AvgIpc) is 2.65. The molecule has 0 aliphatic carbocycles. The van der Waals surface area contributed by atoms with Crippen LogP contribution in [0.2, 0.25) is 0 Å². The molecule has 3 nitrogen and oxygen atoms in total. The molecule has 0 aromatic carbocycles. The van der Waals surface area contributed by atoms with Crippen molar-refractivity contribution in [1.29, 1.82) is 0 Å². The molecular formula is C12H21N3. The van der Waals surface area contributed by atoms with E-state index in [1.165, 1.54) is 31.6 Å². The number of likely N-dealkylation sites (tertiary alicyclic amines) is 1. The van der Waals surface area contributed by atoms with Crippen LogP contribution in [0, 0.1) is 0 Å². The summed E-state index contributed by atoms with van der Waals surface area (Å²) in [5.41, 5.74) is 1.27. The largest absolute Gasteiger partial charge is 0.300 e. The number of piperidine rings is 1. The number of rotatable bonds is 2. The average molecular weight is 207 g/mol. The molecule has 1 fully saturated rings. The van der Waals surface area contributed by atoms with Crippen LogP contribution in [-0.2, 0) is 7.05 Å². The summed E-state index contributed by atoms with van der Waals surface area (Å²) >= 11 is 0. The number of nitrogens with zero attached hydrogens (tertiary/aromatic N) is 3. The van der Waals surface area contributed by atoms with Crippen molar-refractivity contribution in [3.8, 4) is 0 Å². The molecule has 0 radical (unpaired) electrons. The molecule has 0 spiro atoms. The van der Waals surface area contributed by atoms with Crippen LogP contribution in [-0.4, -0.2) is 33.8 Å². The lowest BCUT2D eigenvalue weighted by Gasteiger charge is -2.34. The van der Waals surface area contributed by atoms with E-state index < -0.39 is 0 Å². The fourth-order valence-corrected chi connectivity index (χ4v) is 2.37. The van der Waals surface area contributed by atoms with Crippen molar-refractivity contribution in [3.05, 3.63) is 18.0 Å². The van der Waals surface area contributed by atoms with Gasteiger partial charge in [-0.05, 0) is 39.3 Å². The van der Waals surface area contributed by atoms with Gasteiger partial charge in [-0.15, -0.1) is 0 Å². The third kappa shape index (κ3) is 2.40. The second-order valence-corrected chi connectivity index (χ2v) is 4.84. The molecule has 2 heterocycles. The van der Waals surface area contributed by atoms with Crippen molar-refractivity contribution in [2.75, 3.05) is 13.1 Å². The van der Waals surface area contributed by atoms with Gasteiger partial charge in [-0.3, -0.25) is 4.68 Å². The van der Waals surface area contributed by atoms with E-state index in [1.807, 2.05) is 17.9 Å². The number of hydrogen-bond donors (Lipinski definition) is 0. The van der Waals surface area contributed by atoms with Crippen LogP contribution < -0.4 is 0 Å². The van der Waals surface area contributed by atoms with Crippen molar-refractivity contribution in [2.24, 2.45) is 7.05 Å². The zero-order valence-corrected chi connectivity index (χ0v) is 9.98. The van der Waals surface area contributed by atoms with Gasteiger partial charge in [0, 0.05) is 31.7 Å². The topological polar surface area (TPSA) is 21.1 Å². The summed E-state index contributed by atoms with van der Waals surface area (Å²) < 4.78 is 1.91. The minimum absolute atomic E-state index is 0.641. The van der Waals surface area contributed by atoms with Crippen molar-refractivity contribution in [2.45, 2.75) is 38.6 Å². The first-order valence-corrected chi connectivity index (χ1v) is 5.90. The Hall–Kier alpha value is -0.830. The van der Waals surface area contributed by atoms with Gasteiger partial charge >= 0.3 is 0 Å². The smallest absolute Gasteiger partial charge is 0.0668 e. The molecule has 0 amide bonds. The Morgan fingerprint density at radius 2 is 2.27 bits per heavy atom. The lowest BCUT2D eigenvalue weighted by Crippen LogP contribution is -2.39. The number of aryl methyl sites for hydroxylation is 1. The van der Waals surface area contributed by atoms with Gasteiger partial charge in [0.2, 0.25) is 0 Å². The summed E-state index contributed by atoms with van der Waals surface area (Å²) in [6, 6.07) is 2.82. The van der Waals surface area contributed by atoms with Gasteiger partial charge in [0.25, 0.3) is 0 Å². The molecule has 1 atom stereocenters. The molecule has 0 saturated carbocycles. The second kappa shape index (κ2) is 4.35. The maximum Gasteiger partial charge on any atom is 0.0668 e. The van der Waals surface area contributed by atoms with Gasteiger partial charge in [-0.1, -0.05) is 0 Å². The fourth-order valence-electron chi connectivity index (χ4n) is 2.37. The first-order chi connectivity index (χ1) is 7.16. The fraction of sp³-hybridized carbons (Fsp3) is 0.750. The molecule has 1 saturated heterocycles. The van der Waals surface area contributed by atoms with Crippen LogP contribution in [0.15, 0.2) is 12.3 Å². The maximum absolute atomic E-state index is 4.52. The summed E-state index contributed by atoms with van der Waals surface area (Å²) in [6.45, 7) is 6.98. The summed E-state index contributed by atoms with van der Waals surface area (Å²) in [4.78, 5) is 2.56. The third-order valence-electron chi connectivity index (χ3n) is 3.34. The van der Waals surface area contributed by atoms with Crippen molar-refractivity contribution >= 4 is 0 Å². The summed E-state index contributed by atoms with van der Waals surface area (Å²) in [6.07, 6.45) is 4.64. The summed E-state index contributed by atoms with van der Waals surface area (Å²) in [7, 11) is 1.99. The predicted molar refractivity (Wildman–Crippen MR) is 61.9 cm³/mol. The van der Waals surface area contributed by atoms with E-state index in [2.05, 4.69) is 29.9 Å². The molecule has 15 heavy (non-hydrogen) atoms. The third-order valence-corrected chi connectivity index (χ3v) is 3.34. The van der Waals surface area contributed by atoms with Crippen LogP contribution in [0.25, 0.3) is 0 Å². The van der Waals surface area contributed by atoms with Gasteiger partial charge in [-0.25, -0.2) is 0 Å².